The lowest BCUT2D eigenvalue weighted by Gasteiger charge is -2.24. The molecule has 1 fully saturated rings. The van der Waals surface area contributed by atoms with Gasteiger partial charge in [0.1, 0.15) is 6.17 Å². The van der Waals surface area contributed by atoms with Gasteiger partial charge in [-0.3, -0.25) is 10.1 Å². The molecule has 3 nitrogen and oxygen atoms in total. The second-order valence-corrected chi connectivity index (χ2v) is 6.29. The highest BCUT2D eigenvalue weighted by molar-refractivity contribution is 7.07. The fourth-order valence-electron chi connectivity index (χ4n) is 2.50. The van der Waals surface area contributed by atoms with Crippen LogP contribution in [-0.2, 0) is 4.79 Å². The molecule has 1 aliphatic heterocycles. The Bertz CT molecular complexity index is 489. The van der Waals surface area contributed by atoms with Crippen LogP contribution in [0.2, 0.25) is 0 Å². The molecule has 0 aromatic carbocycles. The lowest BCUT2D eigenvalue weighted by Crippen LogP contribution is -2.43. The molecular weight excluding hydrogens is 301 g/mol. The first-order valence-electron chi connectivity index (χ1n) is 6.94. The average molecular weight is 320 g/mol. The van der Waals surface area contributed by atoms with E-state index >= 15 is 0 Å². The summed E-state index contributed by atoms with van der Waals surface area (Å²) in [5, 5.41) is 7.09. The van der Waals surface area contributed by atoms with Gasteiger partial charge in [-0.25, -0.2) is 0 Å². The molecule has 1 aromatic rings. The molecule has 21 heavy (non-hydrogen) atoms. The lowest BCUT2D eigenvalue weighted by molar-refractivity contribution is -0.141. The summed E-state index contributed by atoms with van der Waals surface area (Å²) in [5.74, 6) is -0.122. The van der Waals surface area contributed by atoms with E-state index in [4.69, 9.17) is 0 Å². The first-order valence-corrected chi connectivity index (χ1v) is 7.89. The lowest BCUT2D eigenvalue weighted by atomic mass is 9.99. The molecule has 1 aliphatic rings. The number of thiophene rings is 1. The topological polar surface area (TPSA) is 32.3 Å². The first-order chi connectivity index (χ1) is 9.77. The van der Waals surface area contributed by atoms with Crippen LogP contribution in [0.15, 0.2) is 16.8 Å². The summed E-state index contributed by atoms with van der Waals surface area (Å²) in [6.07, 6.45) is -4.85. The van der Waals surface area contributed by atoms with Gasteiger partial charge in [-0.05, 0) is 42.2 Å². The van der Waals surface area contributed by atoms with Crippen LogP contribution in [0.1, 0.15) is 44.8 Å². The normalized spacial score (nSPS) is 26.6. The van der Waals surface area contributed by atoms with Gasteiger partial charge in [0.2, 0.25) is 5.91 Å². The Morgan fingerprint density at radius 1 is 1.48 bits per heavy atom. The van der Waals surface area contributed by atoms with Crippen molar-refractivity contribution in [1.29, 1.82) is 0 Å². The molecule has 0 radical (unpaired) electrons. The number of alkyl halides is 3. The van der Waals surface area contributed by atoms with Crippen molar-refractivity contribution >= 4 is 17.2 Å². The summed E-state index contributed by atoms with van der Waals surface area (Å²) in [4.78, 5) is 14.0. The predicted octanol–water partition coefficient (Wildman–Crippen LogP) is 3.69. The van der Waals surface area contributed by atoms with Gasteiger partial charge in [0.15, 0.2) is 0 Å². The number of rotatable bonds is 5. The summed E-state index contributed by atoms with van der Waals surface area (Å²) in [5.41, 5.74) is 0.225. The maximum absolute atomic E-state index is 12.5. The molecule has 1 saturated heterocycles. The number of nitrogens with one attached hydrogen (secondary N) is 1. The molecule has 0 aliphatic carbocycles. The summed E-state index contributed by atoms with van der Waals surface area (Å²) in [7, 11) is 0. The van der Waals surface area contributed by atoms with Crippen LogP contribution in [-0.4, -0.2) is 29.1 Å². The summed E-state index contributed by atoms with van der Waals surface area (Å²) in [6, 6.07) is 1.90. The second kappa shape index (κ2) is 5.96. The number of carbonyl (C=O) groups excluding carboxylic acids is 1. The third-order valence-corrected chi connectivity index (χ3v) is 4.63. The summed E-state index contributed by atoms with van der Waals surface area (Å²) in [6.45, 7) is 3.81. The van der Waals surface area contributed by atoms with Crippen molar-refractivity contribution in [3.05, 3.63) is 22.4 Å². The van der Waals surface area contributed by atoms with Crippen molar-refractivity contribution in [3.63, 3.8) is 0 Å². The van der Waals surface area contributed by atoms with E-state index in [0.717, 1.165) is 5.56 Å². The highest BCUT2D eigenvalue weighted by atomic mass is 32.1. The number of halogens is 3. The van der Waals surface area contributed by atoms with Crippen molar-refractivity contribution in [2.24, 2.45) is 0 Å². The molecule has 0 bridgehead atoms. The van der Waals surface area contributed by atoms with Gasteiger partial charge in [0.25, 0.3) is 0 Å². The minimum absolute atomic E-state index is 0.0721. The van der Waals surface area contributed by atoms with Crippen molar-refractivity contribution < 1.29 is 18.0 Å². The van der Waals surface area contributed by atoms with Crippen molar-refractivity contribution in [1.82, 2.24) is 10.2 Å². The molecule has 2 atom stereocenters. The van der Waals surface area contributed by atoms with Gasteiger partial charge in [-0.2, -0.15) is 24.5 Å². The monoisotopic (exact) mass is 320 g/mol. The molecule has 1 aromatic heterocycles. The van der Waals surface area contributed by atoms with Crippen molar-refractivity contribution in [2.75, 3.05) is 6.54 Å². The zero-order valence-electron chi connectivity index (χ0n) is 12.0. The number of nitrogens with zero attached hydrogens (tertiary/aromatic N) is 1. The third kappa shape index (κ3) is 3.58. The second-order valence-electron chi connectivity index (χ2n) is 5.51. The quantitative estimate of drug-likeness (QED) is 0.897. The molecule has 1 amide bonds. The fourth-order valence-corrected chi connectivity index (χ4v) is 3.18. The van der Waals surface area contributed by atoms with Crippen LogP contribution in [0.5, 0.6) is 0 Å². The van der Waals surface area contributed by atoms with Crippen LogP contribution in [0.4, 0.5) is 13.2 Å². The Morgan fingerprint density at radius 3 is 2.71 bits per heavy atom. The predicted molar refractivity (Wildman–Crippen MR) is 75.9 cm³/mol. The largest absolute Gasteiger partial charge is 0.389 e. The van der Waals surface area contributed by atoms with Gasteiger partial charge in [0.05, 0.1) is 5.54 Å². The number of amides is 1. The van der Waals surface area contributed by atoms with E-state index in [0.29, 0.717) is 6.42 Å². The zero-order valence-corrected chi connectivity index (χ0v) is 12.9. The minimum atomic E-state index is -4.18. The Morgan fingerprint density at radius 2 is 2.19 bits per heavy atom. The van der Waals surface area contributed by atoms with Crippen LogP contribution in [0.3, 0.4) is 0 Å². The average Bonchev–Trinajstić information content (AvgIpc) is 3.00. The van der Waals surface area contributed by atoms with Crippen LogP contribution < -0.4 is 5.32 Å². The van der Waals surface area contributed by atoms with E-state index in [9.17, 15) is 18.0 Å². The Hall–Kier alpha value is -1.08. The Balaban J connectivity index is 2.12. The van der Waals surface area contributed by atoms with Gasteiger partial charge >= 0.3 is 6.18 Å². The molecule has 2 rings (SSSR count). The van der Waals surface area contributed by atoms with E-state index in [1.54, 1.807) is 6.92 Å². The van der Waals surface area contributed by atoms with Gasteiger partial charge in [-0.1, -0.05) is 6.92 Å². The van der Waals surface area contributed by atoms with Crippen LogP contribution >= 0.6 is 11.3 Å². The Labute approximate surface area is 126 Å². The van der Waals surface area contributed by atoms with E-state index in [-0.39, 0.29) is 25.0 Å². The van der Waals surface area contributed by atoms with E-state index in [1.165, 1.54) is 16.2 Å². The van der Waals surface area contributed by atoms with Gasteiger partial charge < -0.3 is 4.90 Å². The van der Waals surface area contributed by atoms with Crippen molar-refractivity contribution in [2.45, 2.75) is 51.0 Å². The smallest absolute Gasteiger partial charge is 0.321 e. The molecule has 2 unspecified atom stereocenters. The maximum atomic E-state index is 12.5. The first kappa shape index (κ1) is 16.3. The molecule has 118 valence electrons. The third-order valence-electron chi connectivity index (χ3n) is 3.93. The SMILES string of the molecule is CCC1(C)NC(c2ccsc2)N(CCCC(F)(F)F)C1=O. The van der Waals surface area contributed by atoms with Crippen LogP contribution in [0, 0.1) is 0 Å². The number of hydrogen-bond donors (Lipinski definition) is 1. The van der Waals surface area contributed by atoms with Crippen LogP contribution in [0.25, 0.3) is 0 Å². The number of carbonyl (C=O) groups is 1. The van der Waals surface area contributed by atoms with Crippen molar-refractivity contribution in [3.8, 4) is 0 Å². The Kier molecular flexibility index (Phi) is 4.63. The van der Waals surface area contributed by atoms with E-state index < -0.39 is 18.1 Å². The van der Waals surface area contributed by atoms with Gasteiger partial charge in [-0.15, -0.1) is 0 Å². The summed E-state index contributed by atoms with van der Waals surface area (Å²) >= 11 is 1.51. The molecule has 1 N–H and O–H groups in total. The highest BCUT2D eigenvalue weighted by Gasteiger charge is 2.47. The summed E-state index contributed by atoms with van der Waals surface area (Å²) < 4.78 is 36.9. The molecule has 0 saturated carbocycles. The van der Waals surface area contributed by atoms with E-state index in [2.05, 4.69) is 5.32 Å². The standard InChI is InChI=1S/C14H19F3N2OS/c1-3-13(2)12(20)19(7-4-6-14(15,16)17)11(18-13)10-5-8-21-9-10/h5,8-9,11,18H,3-4,6-7H2,1-2H3. The number of hydrogen-bond acceptors (Lipinski definition) is 3. The molecular formula is C14H19F3N2OS. The molecule has 2 heterocycles. The van der Waals surface area contributed by atoms with Gasteiger partial charge in [0, 0.05) is 13.0 Å². The minimum Gasteiger partial charge on any atom is -0.321 e. The fraction of sp³-hybridized carbons (Fsp3) is 0.643. The zero-order chi connectivity index (χ0) is 15.7. The molecule has 7 heteroatoms. The highest BCUT2D eigenvalue weighted by Crippen LogP contribution is 2.34. The maximum Gasteiger partial charge on any atom is 0.389 e. The van der Waals surface area contributed by atoms with E-state index in [1.807, 2.05) is 23.8 Å². The molecule has 0 spiro atoms.